The molecule has 8 heteroatoms. The predicted molar refractivity (Wildman–Crippen MR) is 129 cm³/mol. The Hall–Kier alpha value is -3.52. The van der Waals surface area contributed by atoms with Crippen molar-refractivity contribution in [2.24, 2.45) is 5.41 Å². The number of aliphatic carboxylic acids is 2. The van der Waals surface area contributed by atoms with Gasteiger partial charge in [0.15, 0.2) is 5.41 Å². The zero-order valence-electron chi connectivity index (χ0n) is 19.7. The molecule has 0 amide bonds. The third-order valence-electron chi connectivity index (χ3n) is 7.36. The van der Waals surface area contributed by atoms with Gasteiger partial charge >= 0.3 is 11.9 Å². The van der Waals surface area contributed by atoms with Crippen LogP contribution in [0.2, 0.25) is 0 Å². The molecular formula is C27H29N3O5. The van der Waals surface area contributed by atoms with Gasteiger partial charge in [0.25, 0.3) is 5.89 Å². The molecule has 1 aromatic heterocycles. The summed E-state index contributed by atoms with van der Waals surface area (Å²) in [7, 11) is 0. The summed E-state index contributed by atoms with van der Waals surface area (Å²) in [4.78, 5) is 29.7. The molecule has 35 heavy (non-hydrogen) atoms. The normalized spacial score (nSPS) is 17.9. The molecule has 5 rings (SSSR count). The molecule has 0 unspecified atom stereocenters. The highest BCUT2D eigenvalue weighted by molar-refractivity contribution is 5.98. The molecule has 1 aliphatic heterocycles. The number of carboxylic acid groups (broad SMARTS) is 2. The number of benzene rings is 2. The summed E-state index contributed by atoms with van der Waals surface area (Å²) in [6, 6.07) is 14.3. The predicted octanol–water partition coefficient (Wildman–Crippen LogP) is 4.59. The Kier molecular flexibility index (Phi) is 6.15. The molecule has 2 aliphatic rings. The lowest BCUT2D eigenvalue weighted by atomic mass is 9.78. The van der Waals surface area contributed by atoms with Crippen LogP contribution < -0.4 is 0 Å². The molecule has 0 bridgehead atoms. The number of aromatic nitrogens is 2. The lowest BCUT2D eigenvalue weighted by molar-refractivity contribution is -0.168. The second-order valence-corrected chi connectivity index (χ2v) is 9.63. The van der Waals surface area contributed by atoms with Gasteiger partial charge in [-0.15, -0.1) is 0 Å². The van der Waals surface area contributed by atoms with Crippen LogP contribution in [0.3, 0.4) is 0 Å². The SMILES string of the molecule is CCc1cc(-c2nc(-c3ccc(CN4CCC(C(=O)O)(C(=O)O)CC4)cc3)no2)ccc1C1CC1. The second kappa shape index (κ2) is 9.26. The Morgan fingerprint density at radius 2 is 1.69 bits per heavy atom. The minimum Gasteiger partial charge on any atom is -0.480 e. The first kappa shape index (κ1) is 23.2. The number of rotatable bonds is 8. The van der Waals surface area contributed by atoms with E-state index in [2.05, 4.69) is 40.2 Å². The van der Waals surface area contributed by atoms with Gasteiger partial charge in [-0.25, -0.2) is 0 Å². The molecule has 0 radical (unpaired) electrons. The Morgan fingerprint density at radius 1 is 1.03 bits per heavy atom. The first-order valence-corrected chi connectivity index (χ1v) is 12.1. The van der Waals surface area contributed by atoms with Crippen molar-refractivity contribution in [2.75, 3.05) is 13.1 Å². The van der Waals surface area contributed by atoms with E-state index in [0.717, 1.165) is 23.1 Å². The monoisotopic (exact) mass is 475 g/mol. The fraction of sp³-hybridized carbons (Fsp3) is 0.407. The zero-order valence-corrected chi connectivity index (χ0v) is 19.7. The minimum atomic E-state index is -1.67. The van der Waals surface area contributed by atoms with Gasteiger partial charge in [0.05, 0.1) is 0 Å². The summed E-state index contributed by atoms with van der Waals surface area (Å²) in [6.45, 7) is 3.65. The van der Waals surface area contributed by atoms with Gasteiger partial charge in [0.2, 0.25) is 5.82 Å². The number of aryl methyl sites for hydroxylation is 1. The number of carboxylic acids is 2. The summed E-state index contributed by atoms with van der Waals surface area (Å²) in [5.74, 6) is -0.759. The van der Waals surface area contributed by atoms with Gasteiger partial charge in [-0.3, -0.25) is 14.5 Å². The molecule has 182 valence electrons. The number of nitrogens with zero attached hydrogens (tertiary/aromatic N) is 3. The highest BCUT2D eigenvalue weighted by Gasteiger charge is 2.48. The van der Waals surface area contributed by atoms with Crippen molar-refractivity contribution in [2.45, 2.75) is 51.5 Å². The van der Waals surface area contributed by atoms with Crippen LogP contribution in [0.5, 0.6) is 0 Å². The lowest BCUT2D eigenvalue weighted by Crippen LogP contribution is -2.48. The van der Waals surface area contributed by atoms with E-state index < -0.39 is 17.4 Å². The van der Waals surface area contributed by atoms with E-state index in [1.165, 1.54) is 24.0 Å². The number of hydrogen-bond donors (Lipinski definition) is 2. The molecular weight excluding hydrogens is 446 g/mol. The molecule has 2 heterocycles. The van der Waals surface area contributed by atoms with Gasteiger partial charge in [0, 0.05) is 30.8 Å². The Bertz CT molecular complexity index is 1220. The van der Waals surface area contributed by atoms with E-state index in [1.807, 2.05) is 24.3 Å². The Balaban J connectivity index is 1.24. The van der Waals surface area contributed by atoms with Gasteiger partial charge in [0.1, 0.15) is 0 Å². The third kappa shape index (κ3) is 4.58. The first-order valence-electron chi connectivity index (χ1n) is 12.1. The summed E-state index contributed by atoms with van der Waals surface area (Å²) in [5, 5.41) is 23.0. The van der Waals surface area contributed by atoms with E-state index in [9.17, 15) is 19.8 Å². The smallest absolute Gasteiger partial charge is 0.321 e. The summed E-state index contributed by atoms with van der Waals surface area (Å²) < 4.78 is 5.57. The van der Waals surface area contributed by atoms with Crippen LogP contribution in [0.1, 0.15) is 55.2 Å². The molecule has 8 nitrogen and oxygen atoms in total. The van der Waals surface area contributed by atoms with Crippen molar-refractivity contribution in [3.05, 3.63) is 59.2 Å². The Morgan fingerprint density at radius 3 is 2.29 bits per heavy atom. The standard InChI is InChI=1S/C27H29N3O5/c1-2-18-15-21(9-10-22(18)19-7-8-19)24-28-23(29-35-24)20-5-3-17(4-6-20)16-30-13-11-27(12-14-30,25(31)32)26(33)34/h3-6,9-10,15,19H,2,7-8,11-14,16H2,1H3,(H,31,32)(H,33,34). The van der Waals surface area contributed by atoms with Crippen LogP contribution in [0, 0.1) is 5.41 Å². The Labute approximate surface area is 203 Å². The maximum Gasteiger partial charge on any atom is 0.321 e. The van der Waals surface area contributed by atoms with E-state index in [0.29, 0.717) is 37.3 Å². The van der Waals surface area contributed by atoms with Gasteiger partial charge in [-0.2, -0.15) is 4.98 Å². The summed E-state index contributed by atoms with van der Waals surface area (Å²) in [6.07, 6.45) is 3.73. The first-order chi connectivity index (χ1) is 16.9. The highest BCUT2D eigenvalue weighted by Crippen LogP contribution is 2.42. The average molecular weight is 476 g/mol. The lowest BCUT2D eigenvalue weighted by Gasteiger charge is -2.36. The van der Waals surface area contributed by atoms with Crippen LogP contribution in [-0.2, 0) is 22.6 Å². The summed E-state index contributed by atoms with van der Waals surface area (Å²) in [5.41, 5.74) is 3.95. The molecule has 2 fully saturated rings. The van der Waals surface area contributed by atoms with Crippen molar-refractivity contribution >= 4 is 11.9 Å². The van der Waals surface area contributed by atoms with Crippen molar-refractivity contribution < 1.29 is 24.3 Å². The molecule has 2 aromatic carbocycles. The van der Waals surface area contributed by atoms with E-state index in [1.54, 1.807) is 0 Å². The number of carbonyl (C=O) groups is 2. The van der Waals surface area contributed by atoms with Crippen molar-refractivity contribution in [1.29, 1.82) is 0 Å². The van der Waals surface area contributed by atoms with Crippen molar-refractivity contribution in [3.63, 3.8) is 0 Å². The van der Waals surface area contributed by atoms with Crippen LogP contribution in [-0.4, -0.2) is 50.3 Å². The van der Waals surface area contributed by atoms with Crippen LogP contribution in [0.25, 0.3) is 22.8 Å². The quantitative estimate of drug-likeness (QED) is 0.454. The number of likely N-dealkylation sites (tertiary alicyclic amines) is 1. The molecule has 1 aliphatic carbocycles. The maximum atomic E-state index is 11.5. The molecule has 1 saturated heterocycles. The third-order valence-corrected chi connectivity index (χ3v) is 7.36. The van der Waals surface area contributed by atoms with Crippen LogP contribution in [0.4, 0.5) is 0 Å². The minimum absolute atomic E-state index is 0.1000. The zero-order chi connectivity index (χ0) is 24.6. The van der Waals surface area contributed by atoms with Gasteiger partial charge in [-0.05, 0) is 66.8 Å². The average Bonchev–Trinajstić information content (AvgIpc) is 3.60. The maximum absolute atomic E-state index is 11.5. The highest BCUT2D eigenvalue weighted by atomic mass is 16.5. The molecule has 1 saturated carbocycles. The van der Waals surface area contributed by atoms with Gasteiger partial charge in [-0.1, -0.05) is 42.4 Å². The van der Waals surface area contributed by atoms with Crippen molar-refractivity contribution in [1.82, 2.24) is 15.0 Å². The fourth-order valence-electron chi connectivity index (χ4n) is 4.93. The van der Waals surface area contributed by atoms with Crippen LogP contribution >= 0.6 is 0 Å². The second-order valence-electron chi connectivity index (χ2n) is 9.63. The van der Waals surface area contributed by atoms with E-state index in [4.69, 9.17) is 4.52 Å². The van der Waals surface area contributed by atoms with Crippen molar-refractivity contribution in [3.8, 4) is 22.8 Å². The largest absolute Gasteiger partial charge is 0.480 e. The molecule has 0 spiro atoms. The number of piperidine rings is 1. The molecule has 2 N–H and O–H groups in total. The van der Waals surface area contributed by atoms with E-state index in [-0.39, 0.29) is 12.8 Å². The summed E-state index contributed by atoms with van der Waals surface area (Å²) >= 11 is 0. The topological polar surface area (TPSA) is 117 Å². The van der Waals surface area contributed by atoms with Crippen LogP contribution in [0.15, 0.2) is 47.0 Å². The fourth-order valence-corrected chi connectivity index (χ4v) is 4.93. The molecule has 3 aromatic rings. The van der Waals surface area contributed by atoms with E-state index >= 15 is 0 Å². The molecule has 0 atom stereocenters. The van der Waals surface area contributed by atoms with Gasteiger partial charge < -0.3 is 14.7 Å². The number of hydrogen-bond acceptors (Lipinski definition) is 6.